The minimum absolute atomic E-state index is 0.276. The van der Waals surface area contributed by atoms with Gasteiger partial charge in [0.1, 0.15) is 0 Å². The molecule has 1 aliphatic carbocycles. The van der Waals surface area contributed by atoms with Gasteiger partial charge in [0, 0.05) is 12.6 Å². The molecule has 2 nitrogen and oxygen atoms in total. The van der Waals surface area contributed by atoms with Crippen molar-refractivity contribution < 1.29 is 4.74 Å². The second-order valence-electron chi connectivity index (χ2n) is 6.26. The normalized spacial score (nSPS) is 20.3. The predicted molar refractivity (Wildman–Crippen MR) is 80.3 cm³/mol. The summed E-state index contributed by atoms with van der Waals surface area (Å²) in [5.74, 6) is 0. The average Bonchev–Trinajstić information content (AvgIpc) is 2.59. The largest absolute Gasteiger partial charge is 0.376 e. The van der Waals surface area contributed by atoms with Crippen LogP contribution in [-0.4, -0.2) is 19.8 Å². The van der Waals surface area contributed by atoms with Gasteiger partial charge in [-0.05, 0) is 29.9 Å². The summed E-state index contributed by atoms with van der Waals surface area (Å²) in [5, 5.41) is 3.65. The Bertz CT molecular complexity index is 450. The van der Waals surface area contributed by atoms with Crippen LogP contribution in [0.4, 0.5) is 0 Å². The summed E-state index contributed by atoms with van der Waals surface area (Å²) in [6.07, 6.45) is 1.15. The Balaban J connectivity index is 1.90. The van der Waals surface area contributed by atoms with Crippen molar-refractivity contribution in [3.05, 3.63) is 47.5 Å². The van der Waals surface area contributed by atoms with Crippen molar-refractivity contribution in [1.82, 2.24) is 5.32 Å². The van der Waals surface area contributed by atoms with Crippen LogP contribution in [0.3, 0.4) is 0 Å². The summed E-state index contributed by atoms with van der Waals surface area (Å²) in [6.45, 7) is 12.8. The molecule has 0 spiro atoms. The van der Waals surface area contributed by atoms with Gasteiger partial charge >= 0.3 is 0 Å². The second kappa shape index (κ2) is 5.89. The second-order valence-corrected chi connectivity index (χ2v) is 6.26. The van der Waals surface area contributed by atoms with Crippen molar-refractivity contribution in [2.75, 3.05) is 19.8 Å². The van der Waals surface area contributed by atoms with Crippen LogP contribution in [0, 0.1) is 5.41 Å². The van der Waals surface area contributed by atoms with E-state index in [9.17, 15) is 0 Å². The number of nitrogens with one attached hydrogen (secondary N) is 1. The van der Waals surface area contributed by atoms with Crippen LogP contribution in [-0.2, 0) is 11.2 Å². The van der Waals surface area contributed by atoms with Crippen molar-refractivity contribution in [2.24, 2.45) is 5.41 Å². The molecule has 0 aliphatic heterocycles. The summed E-state index contributed by atoms with van der Waals surface area (Å²) >= 11 is 0. The van der Waals surface area contributed by atoms with Gasteiger partial charge in [0.05, 0.1) is 13.2 Å². The predicted octanol–water partition coefficient (Wildman–Crippen LogP) is 3.49. The van der Waals surface area contributed by atoms with E-state index in [4.69, 9.17) is 4.74 Å². The van der Waals surface area contributed by atoms with Gasteiger partial charge in [-0.3, -0.25) is 0 Å². The average molecular weight is 259 g/mol. The molecule has 0 saturated carbocycles. The van der Waals surface area contributed by atoms with E-state index >= 15 is 0 Å². The monoisotopic (exact) mass is 259 g/mol. The number of ether oxygens (including phenoxy) is 1. The molecule has 2 rings (SSSR count). The van der Waals surface area contributed by atoms with Crippen LogP contribution in [0.25, 0.3) is 0 Å². The van der Waals surface area contributed by atoms with Gasteiger partial charge in [0.2, 0.25) is 0 Å². The SMILES string of the molecule is C=C(C)COCCNC1c2ccccc2CC1(C)C. The Morgan fingerprint density at radius 2 is 2.16 bits per heavy atom. The minimum atomic E-state index is 0.276. The van der Waals surface area contributed by atoms with E-state index in [1.807, 2.05) is 6.92 Å². The molecule has 2 heteroatoms. The lowest BCUT2D eigenvalue weighted by Gasteiger charge is -2.28. The Morgan fingerprint density at radius 3 is 2.89 bits per heavy atom. The third-order valence-corrected chi connectivity index (χ3v) is 3.74. The van der Waals surface area contributed by atoms with Gasteiger partial charge in [-0.1, -0.05) is 50.3 Å². The zero-order chi connectivity index (χ0) is 13.9. The zero-order valence-electron chi connectivity index (χ0n) is 12.3. The van der Waals surface area contributed by atoms with Crippen LogP contribution < -0.4 is 5.32 Å². The summed E-state index contributed by atoms with van der Waals surface area (Å²) in [5.41, 5.74) is 4.28. The van der Waals surface area contributed by atoms with Crippen molar-refractivity contribution in [3.63, 3.8) is 0 Å². The molecule has 0 fully saturated rings. The van der Waals surface area contributed by atoms with Crippen LogP contribution in [0.2, 0.25) is 0 Å². The van der Waals surface area contributed by atoms with Gasteiger partial charge in [0.15, 0.2) is 0 Å². The molecule has 1 atom stereocenters. The van der Waals surface area contributed by atoms with E-state index in [0.717, 1.165) is 25.1 Å². The van der Waals surface area contributed by atoms with Crippen LogP contribution in [0.5, 0.6) is 0 Å². The Morgan fingerprint density at radius 1 is 1.42 bits per heavy atom. The third-order valence-electron chi connectivity index (χ3n) is 3.74. The van der Waals surface area contributed by atoms with Crippen LogP contribution in [0.15, 0.2) is 36.4 Å². The minimum Gasteiger partial charge on any atom is -0.376 e. The van der Waals surface area contributed by atoms with Gasteiger partial charge in [-0.15, -0.1) is 0 Å². The Kier molecular flexibility index (Phi) is 4.43. The first kappa shape index (κ1) is 14.3. The molecule has 0 aromatic heterocycles. The first-order valence-corrected chi connectivity index (χ1v) is 7.04. The van der Waals surface area contributed by atoms with E-state index in [1.165, 1.54) is 11.1 Å². The fourth-order valence-corrected chi connectivity index (χ4v) is 2.90. The molecule has 0 amide bonds. The number of hydrogen-bond acceptors (Lipinski definition) is 2. The Hall–Kier alpha value is -1.12. The first-order valence-electron chi connectivity index (χ1n) is 7.04. The first-order chi connectivity index (χ1) is 9.00. The molecule has 1 aliphatic rings. The molecule has 19 heavy (non-hydrogen) atoms. The molecule has 1 aromatic rings. The maximum absolute atomic E-state index is 5.55. The molecule has 1 N–H and O–H groups in total. The van der Waals surface area contributed by atoms with Gasteiger partial charge in [-0.25, -0.2) is 0 Å². The van der Waals surface area contributed by atoms with Crippen molar-refractivity contribution in [2.45, 2.75) is 33.2 Å². The lowest BCUT2D eigenvalue weighted by atomic mass is 9.85. The number of fused-ring (bicyclic) bond motifs is 1. The van der Waals surface area contributed by atoms with Crippen molar-refractivity contribution in [1.29, 1.82) is 0 Å². The topological polar surface area (TPSA) is 21.3 Å². The van der Waals surface area contributed by atoms with Gasteiger partial charge < -0.3 is 10.1 Å². The number of benzene rings is 1. The third kappa shape index (κ3) is 3.46. The van der Waals surface area contributed by atoms with Gasteiger partial charge in [-0.2, -0.15) is 0 Å². The number of rotatable bonds is 6. The standard InChI is InChI=1S/C17H25NO/c1-13(2)12-19-10-9-18-16-15-8-6-5-7-14(15)11-17(16,3)4/h5-8,16,18H,1,9-12H2,2-4H3. The highest BCUT2D eigenvalue weighted by molar-refractivity contribution is 5.37. The smallest absolute Gasteiger partial charge is 0.0672 e. The fourth-order valence-electron chi connectivity index (χ4n) is 2.90. The van der Waals surface area contributed by atoms with E-state index in [2.05, 4.69) is 50.0 Å². The van der Waals surface area contributed by atoms with E-state index in [1.54, 1.807) is 0 Å². The fraction of sp³-hybridized carbons (Fsp3) is 0.529. The van der Waals surface area contributed by atoms with E-state index in [-0.39, 0.29) is 5.41 Å². The van der Waals surface area contributed by atoms with Crippen LogP contribution >= 0.6 is 0 Å². The van der Waals surface area contributed by atoms with Crippen LogP contribution in [0.1, 0.15) is 37.9 Å². The molecule has 0 radical (unpaired) electrons. The summed E-state index contributed by atoms with van der Waals surface area (Å²) in [6, 6.07) is 9.18. The van der Waals surface area contributed by atoms with E-state index < -0.39 is 0 Å². The maximum atomic E-state index is 5.55. The molecule has 1 aromatic carbocycles. The van der Waals surface area contributed by atoms with Gasteiger partial charge in [0.25, 0.3) is 0 Å². The van der Waals surface area contributed by atoms with Crippen molar-refractivity contribution >= 4 is 0 Å². The lowest BCUT2D eigenvalue weighted by molar-refractivity contribution is 0.147. The summed E-state index contributed by atoms with van der Waals surface area (Å²) < 4.78 is 5.55. The lowest BCUT2D eigenvalue weighted by Crippen LogP contribution is -2.33. The number of hydrogen-bond donors (Lipinski definition) is 1. The highest BCUT2D eigenvalue weighted by atomic mass is 16.5. The molecular formula is C17H25NO. The Labute approximate surface area is 116 Å². The quantitative estimate of drug-likeness (QED) is 0.623. The zero-order valence-corrected chi connectivity index (χ0v) is 12.3. The summed E-state index contributed by atoms with van der Waals surface area (Å²) in [7, 11) is 0. The molecule has 0 heterocycles. The molecule has 0 saturated heterocycles. The molecule has 1 unspecified atom stereocenters. The highest BCUT2D eigenvalue weighted by Crippen LogP contribution is 2.44. The maximum Gasteiger partial charge on any atom is 0.0672 e. The molecular weight excluding hydrogens is 234 g/mol. The molecule has 0 bridgehead atoms. The summed E-state index contributed by atoms with van der Waals surface area (Å²) in [4.78, 5) is 0. The molecule has 104 valence electrons. The van der Waals surface area contributed by atoms with Crippen molar-refractivity contribution in [3.8, 4) is 0 Å². The highest BCUT2D eigenvalue weighted by Gasteiger charge is 2.37. The van der Waals surface area contributed by atoms with E-state index in [0.29, 0.717) is 12.6 Å².